The van der Waals surface area contributed by atoms with Crippen LogP contribution in [0.4, 0.5) is 22.9 Å². The number of amides is 2. The Hall–Kier alpha value is -3.94. The highest BCUT2D eigenvalue weighted by Crippen LogP contribution is 2.27. The molecule has 0 radical (unpaired) electrons. The first-order valence-electron chi connectivity index (χ1n) is 9.15. The minimum atomic E-state index is -0.446. The number of hydrogen-bond acceptors (Lipinski definition) is 6. The quantitative estimate of drug-likeness (QED) is 0.546. The molecule has 0 spiro atoms. The average molecular weight is 388 g/mol. The zero-order valence-corrected chi connectivity index (χ0v) is 15.8. The molecule has 1 aromatic heterocycles. The van der Waals surface area contributed by atoms with Crippen molar-refractivity contribution >= 4 is 34.7 Å². The van der Waals surface area contributed by atoms with Crippen molar-refractivity contribution in [1.29, 1.82) is 0 Å². The summed E-state index contributed by atoms with van der Waals surface area (Å²) in [4.78, 5) is 35.8. The molecule has 2 amide bonds. The Morgan fingerprint density at radius 2 is 1.90 bits per heavy atom. The van der Waals surface area contributed by atoms with Gasteiger partial charge in [-0.05, 0) is 24.3 Å². The van der Waals surface area contributed by atoms with Crippen molar-refractivity contribution in [1.82, 2.24) is 9.97 Å². The van der Waals surface area contributed by atoms with Crippen LogP contribution in [0.25, 0.3) is 11.3 Å². The van der Waals surface area contributed by atoms with E-state index in [2.05, 4.69) is 20.6 Å². The maximum absolute atomic E-state index is 12.9. The van der Waals surface area contributed by atoms with Crippen LogP contribution in [0.5, 0.6) is 0 Å². The van der Waals surface area contributed by atoms with E-state index < -0.39 is 5.91 Å². The molecule has 146 valence electrons. The van der Waals surface area contributed by atoms with Crippen LogP contribution in [0.3, 0.4) is 0 Å². The molecule has 0 aliphatic carbocycles. The predicted molar refractivity (Wildman–Crippen MR) is 113 cm³/mol. The Morgan fingerprint density at radius 3 is 2.76 bits per heavy atom. The van der Waals surface area contributed by atoms with Crippen LogP contribution in [0.1, 0.15) is 16.9 Å². The molecule has 8 nitrogen and oxygen atoms in total. The van der Waals surface area contributed by atoms with Gasteiger partial charge in [0.2, 0.25) is 5.91 Å². The standard InChI is InChI=1S/C21H20N6O2/c1-27-10-9-18(28)24-14-6-4-5-13(11-14)16-12-23-20(22)19(25-16)21(29)26-15-7-2-3-8-17(15)27/h2-8,11-12H,9-10H2,1H3,(H2,22,23)(H,24,28)(H,26,29). The van der Waals surface area contributed by atoms with Crippen LogP contribution in [0, 0.1) is 0 Å². The number of nitrogens with one attached hydrogen (secondary N) is 2. The van der Waals surface area contributed by atoms with Crippen LogP contribution >= 0.6 is 0 Å². The van der Waals surface area contributed by atoms with Crippen molar-refractivity contribution in [2.45, 2.75) is 6.42 Å². The molecule has 3 aromatic rings. The first-order chi connectivity index (χ1) is 14.0. The number of benzene rings is 2. The lowest BCUT2D eigenvalue weighted by molar-refractivity contribution is -0.116. The van der Waals surface area contributed by atoms with Gasteiger partial charge in [0.15, 0.2) is 11.5 Å². The Morgan fingerprint density at radius 1 is 1.07 bits per heavy atom. The molecule has 1 aliphatic rings. The minimum absolute atomic E-state index is 0.0456. The summed E-state index contributed by atoms with van der Waals surface area (Å²) in [5.41, 5.74) is 9.21. The number of nitrogen functional groups attached to an aromatic ring is 1. The van der Waals surface area contributed by atoms with Crippen LogP contribution < -0.4 is 21.3 Å². The molecule has 0 saturated heterocycles. The lowest BCUT2D eigenvalue weighted by Gasteiger charge is -2.22. The number of carbonyl (C=O) groups is 2. The average Bonchev–Trinajstić information content (AvgIpc) is 2.72. The fourth-order valence-electron chi connectivity index (χ4n) is 3.17. The molecule has 1 aliphatic heterocycles. The Bertz CT molecular complexity index is 1100. The van der Waals surface area contributed by atoms with Crippen LogP contribution in [0.2, 0.25) is 0 Å². The van der Waals surface area contributed by atoms with E-state index in [9.17, 15) is 9.59 Å². The number of carbonyl (C=O) groups excluding carboxylic acids is 2. The maximum Gasteiger partial charge on any atom is 0.278 e. The summed E-state index contributed by atoms with van der Waals surface area (Å²) in [6.45, 7) is 0.480. The summed E-state index contributed by atoms with van der Waals surface area (Å²) in [6.07, 6.45) is 1.80. The summed E-state index contributed by atoms with van der Waals surface area (Å²) in [7, 11) is 1.87. The predicted octanol–water partition coefficient (Wildman–Crippen LogP) is 2.76. The molecule has 0 fully saturated rings. The molecule has 0 saturated carbocycles. The van der Waals surface area contributed by atoms with Crippen LogP contribution in [-0.4, -0.2) is 35.4 Å². The van der Waals surface area contributed by atoms with Gasteiger partial charge < -0.3 is 21.3 Å². The van der Waals surface area contributed by atoms with E-state index in [1.54, 1.807) is 18.2 Å². The number of anilines is 4. The highest BCUT2D eigenvalue weighted by atomic mass is 16.2. The first kappa shape index (κ1) is 18.4. The monoisotopic (exact) mass is 388 g/mol. The van der Waals surface area contributed by atoms with Crippen molar-refractivity contribution in [3.8, 4) is 11.3 Å². The molecule has 0 unspecified atom stereocenters. The third-order valence-corrected chi connectivity index (χ3v) is 4.70. The van der Waals surface area contributed by atoms with Crippen LogP contribution in [0.15, 0.2) is 54.7 Å². The zero-order valence-electron chi connectivity index (χ0n) is 15.8. The number of nitrogens with zero attached hydrogens (tertiary/aromatic N) is 3. The molecular weight excluding hydrogens is 368 g/mol. The van der Waals surface area contributed by atoms with E-state index in [1.165, 1.54) is 6.20 Å². The first-order valence-corrected chi connectivity index (χ1v) is 9.15. The molecule has 2 aromatic carbocycles. The van der Waals surface area contributed by atoms with Gasteiger partial charge in [-0.3, -0.25) is 9.59 Å². The van der Waals surface area contributed by atoms with E-state index in [0.717, 1.165) is 11.3 Å². The molecule has 8 heteroatoms. The summed E-state index contributed by atoms with van der Waals surface area (Å²) in [5.74, 6) is -0.502. The van der Waals surface area contributed by atoms with E-state index >= 15 is 0 Å². The molecule has 4 N–H and O–H groups in total. The second-order valence-electron chi connectivity index (χ2n) is 6.76. The van der Waals surface area contributed by atoms with Gasteiger partial charge >= 0.3 is 0 Å². The fourth-order valence-corrected chi connectivity index (χ4v) is 3.17. The lowest BCUT2D eigenvalue weighted by Crippen LogP contribution is -2.25. The van der Waals surface area contributed by atoms with E-state index in [-0.39, 0.29) is 17.4 Å². The number of fused-ring (bicyclic) bond motifs is 6. The highest BCUT2D eigenvalue weighted by Gasteiger charge is 2.18. The molecule has 29 heavy (non-hydrogen) atoms. The van der Waals surface area contributed by atoms with Crippen molar-refractivity contribution in [3.05, 3.63) is 60.4 Å². The fraction of sp³-hybridized carbons (Fsp3) is 0.143. The number of rotatable bonds is 0. The van der Waals surface area contributed by atoms with Gasteiger partial charge in [-0.2, -0.15) is 0 Å². The Labute approximate surface area is 167 Å². The van der Waals surface area contributed by atoms with Gasteiger partial charge in [0.05, 0.1) is 23.3 Å². The van der Waals surface area contributed by atoms with Gasteiger partial charge in [-0.15, -0.1) is 0 Å². The number of para-hydroxylation sites is 2. The van der Waals surface area contributed by atoms with Gasteiger partial charge in [-0.1, -0.05) is 24.3 Å². The van der Waals surface area contributed by atoms with Crippen molar-refractivity contribution in [2.24, 2.45) is 0 Å². The third-order valence-electron chi connectivity index (χ3n) is 4.70. The van der Waals surface area contributed by atoms with Gasteiger partial charge in [0.25, 0.3) is 5.91 Å². The number of nitrogens with two attached hydrogens (primary N) is 1. The van der Waals surface area contributed by atoms with E-state index in [4.69, 9.17) is 5.73 Å². The number of hydrogen-bond donors (Lipinski definition) is 3. The lowest BCUT2D eigenvalue weighted by atomic mass is 10.1. The summed E-state index contributed by atoms with van der Waals surface area (Å²) in [6, 6.07) is 14.6. The third kappa shape index (κ3) is 3.86. The van der Waals surface area contributed by atoms with Gasteiger partial charge in [0, 0.05) is 31.3 Å². The van der Waals surface area contributed by atoms with Crippen molar-refractivity contribution < 1.29 is 9.59 Å². The second kappa shape index (κ2) is 7.59. The highest BCUT2D eigenvalue weighted by molar-refractivity contribution is 6.07. The SMILES string of the molecule is CN1CCC(=O)Nc2cccc(c2)-c2cnc(N)c(n2)C(=O)Nc2ccccc21. The summed E-state index contributed by atoms with van der Waals surface area (Å²) in [5, 5.41) is 5.77. The molecule has 0 atom stereocenters. The topological polar surface area (TPSA) is 113 Å². The Kier molecular flexibility index (Phi) is 4.82. The van der Waals surface area contributed by atoms with Crippen molar-refractivity contribution in [2.75, 3.05) is 34.9 Å². The van der Waals surface area contributed by atoms with E-state index in [1.807, 2.05) is 42.3 Å². The largest absolute Gasteiger partial charge is 0.382 e. The van der Waals surface area contributed by atoms with Gasteiger partial charge in [0.1, 0.15) is 0 Å². The van der Waals surface area contributed by atoms with E-state index in [0.29, 0.717) is 30.0 Å². The molecule has 4 bridgehead atoms. The van der Waals surface area contributed by atoms with Crippen LogP contribution in [-0.2, 0) is 4.79 Å². The second-order valence-corrected chi connectivity index (χ2v) is 6.76. The summed E-state index contributed by atoms with van der Waals surface area (Å²) < 4.78 is 0. The molecular formula is C21H20N6O2. The van der Waals surface area contributed by atoms with Crippen molar-refractivity contribution in [3.63, 3.8) is 0 Å². The normalized spacial score (nSPS) is 14.2. The van der Waals surface area contributed by atoms with Gasteiger partial charge in [-0.25, -0.2) is 9.97 Å². The maximum atomic E-state index is 12.9. The number of aromatic nitrogens is 2. The minimum Gasteiger partial charge on any atom is -0.382 e. The zero-order chi connectivity index (χ0) is 20.4. The molecule has 4 rings (SSSR count). The summed E-state index contributed by atoms with van der Waals surface area (Å²) >= 11 is 0. The Balaban J connectivity index is 1.82. The molecule has 2 heterocycles. The smallest absolute Gasteiger partial charge is 0.278 e.